The van der Waals surface area contributed by atoms with Crippen LogP contribution in [0.5, 0.6) is 5.75 Å². The largest absolute Gasteiger partial charge is 0.493 e. The van der Waals surface area contributed by atoms with Gasteiger partial charge in [-0.05, 0) is 36.8 Å². The fourth-order valence-electron chi connectivity index (χ4n) is 2.34. The first-order chi connectivity index (χ1) is 12.6. The van der Waals surface area contributed by atoms with E-state index in [1.54, 1.807) is 36.4 Å². The van der Waals surface area contributed by atoms with E-state index >= 15 is 0 Å². The number of benzene rings is 2. The Balaban J connectivity index is 1.85. The van der Waals surface area contributed by atoms with Crippen molar-refractivity contribution in [2.24, 2.45) is 4.99 Å². The van der Waals surface area contributed by atoms with Crippen molar-refractivity contribution in [2.75, 3.05) is 6.61 Å². The van der Waals surface area contributed by atoms with Crippen LogP contribution in [0.1, 0.15) is 18.1 Å². The van der Waals surface area contributed by atoms with Crippen molar-refractivity contribution in [3.63, 3.8) is 0 Å². The van der Waals surface area contributed by atoms with E-state index in [2.05, 4.69) is 4.99 Å². The lowest BCUT2D eigenvalue weighted by Gasteiger charge is -2.06. The highest BCUT2D eigenvalue weighted by Crippen LogP contribution is 2.27. The molecule has 3 rings (SSSR count). The lowest BCUT2D eigenvalue weighted by molar-refractivity contribution is -0.129. The molecule has 0 amide bonds. The lowest BCUT2D eigenvalue weighted by atomic mass is 10.1. The molecular formula is C20H15Cl2NO3. The molecule has 0 saturated carbocycles. The maximum absolute atomic E-state index is 12.1. The van der Waals surface area contributed by atoms with E-state index in [4.69, 9.17) is 32.7 Å². The number of rotatable bonds is 5. The summed E-state index contributed by atoms with van der Waals surface area (Å²) < 4.78 is 10.7. The van der Waals surface area contributed by atoms with Gasteiger partial charge in [0, 0.05) is 11.6 Å². The van der Waals surface area contributed by atoms with Gasteiger partial charge < -0.3 is 9.47 Å². The van der Waals surface area contributed by atoms with Crippen LogP contribution >= 0.6 is 23.2 Å². The molecule has 0 bridgehead atoms. The number of ether oxygens (including phenoxy) is 2. The zero-order valence-electron chi connectivity index (χ0n) is 13.9. The molecule has 0 fully saturated rings. The van der Waals surface area contributed by atoms with E-state index in [1.165, 1.54) is 0 Å². The highest BCUT2D eigenvalue weighted by Gasteiger charge is 2.21. The quantitative estimate of drug-likeness (QED) is 0.509. The Hall–Kier alpha value is -2.56. The number of nitrogens with zero attached hydrogens (tertiary/aromatic N) is 1. The van der Waals surface area contributed by atoms with E-state index < -0.39 is 5.97 Å². The number of cyclic esters (lactones) is 1. The molecular weight excluding hydrogens is 373 g/mol. The number of carbonyl (C=O) groups is 1. The van der Waals surface area contributed by atoms with E-state index in [0.29, 0.717) is 28.0 Å². The fraction of sp³-hybridized carbons (Fsp3) is 0.100. The van der Waals surface area contributed by atoms with Crippen LogP contribution < -0.4 is 4.74 Å². The summed E-state index contributed by atoms with van der Waals surface area (Å²) in [5.74, 6) is 0.347. The van der Waals surface area contributed by atoms with Gasteiger partial charge in [0.05, 0.1) is 16.7 Å². The summed E-state index contributed by atoms with van der Waals surface area (Å²) in [7, 11) is 0. The van der Waals surface area contributed by atoms with Crippen molar-refractivity contribution in [3.05, 3.63) is 75.4 Å². The Bertz CT molecular complexity index is 932. The smallest absolute Gasteiger partial charge is 0.363 e. The molecule has 0 spiro atoms. The van der Waals surface area contributed by atoms with Crippen LogP contribution in [-0.4, -0.2) is 18.5 Å². The molecule has 0 aliphatic carbocycles. The zero-order valence-corrected chi connectivity index (χ0v) is 15.4. The van der Waals surface area contributed by atoms with Crippen molar-refractivity contribution in [3.8, 4) is 5.75 Å². The lowest BCUT2D eigenvalue weighted by Crippen LogP contribution is -2.01. The van der Waals surface area contributed by atoms with Crippen LogP contribution in [0.2, 0.25) is 10.0 Å². The second-order valence-electron chi connectivity index (χ2n) is 5.32. The number of carbonyl (C=O) groups excluding carboxylic acids is 1. The molecule has 0 aromatic heterocycles. The van der Waals surface area contributed by atoms with Crippen LogP contribution in [0.4, 0.5) is 0 Å². The first-order valence-corrected chi connectivity index (χ1v) is 8.70. The molecule has 0 radical (unpaired) electrons. The summed E-state index contributed by atoms with van der Waals surface area (Å²) in [6.07, 6.45) is 4.91. The summed E-state index contributed by atoms with van der Waals surface area (Å²) >= 11 is 12.1. The van der Waals surface area contributed by atoms with Crippen LogP contribution in [-0.2, 0) is 9.53 Å². The number of aliphatic imine (C=N–C) groups is 1. The molecule has 132 valence electrons. The van der Waals surface area contributed by atoms with Gasteiger partial charge in [0.1, 0.15) is 5.75 Å². The van der Waals surface area contributed by atoms with Gasteiger partial charge in [-0.2, -0.15) is 0 Å². The number of para-hydroxylation sites is 1. The number of esters is 1. The Kier molecular flexibility index (Phi) is 5.76. The van der Waals surface area contributed by atoms with Crippen LogP contribution in [0.15, 0.2) is 59.2 Å². The average molecular weight is 388 g/mol. The third-order valence-electron chi connectivity index (χ3n) is 3.54. The Labute approximate surface area is 161 Å². The van der Waals surface area contributed by atoms with Gasteiger partial charge in [0.2, 0.25) is 5.90 Å². The summed E-state index contributed by atoms with van der Waals surface area (Å²) in [6, 6.07) is 12.7. The van der Waals surface area contributed by atoms with Crippen molar-refractivity contribution < 1.29 is 14.3 Å². The fourth-order valence-corrected chi connectivity index (χ4v) is 2.71. The highest BCUT2D eigenvalue weighted by atomic mass is 35.5. The number of hydrogen-bond donors (Lipinski definition) is 0. The van der Waals surface area contributed by atoms with Gasteiger partial charge in [0.25, 0.3) is 0 Å². The van der Waals surface area contributed by atoms with Gasteiger partial charge in [-0.15, -0.1) is 0 Å². The number of hydrogen-bond acceptors (Lipinski definition) is 4. The van der Waals surface area contributed by atoms with Gasteiger partial charge in [-0.1, -0.05) is 53.5 Å². The van der Waals surface area contributed by atoms with E-state index in [9.17, 15) is 4.79 Å². The standard InChI is InChI=1S/C20H15Cl2NO3/c1-2-25-17-9-4-3-6-14(17)12-16-20(24)26-18(23-16)11-10-13-7-5-8-15(21)19(13)22/h3-12H,2H2,1H3. The minimum absolute atomic E-state index is 0.186. The predicted molar refractivity (Wildman–Crippen MR) is 105 cm³/mol. The molecule has 0 saturated heterocycles. The summed E-state index contributed by atoms with van der Waals surface area (Å²) in [5, 5.41) is 0.879. The minimum atomic E-state index is -0.520. The molecule has 0 atom stereocenters. The predicted octanol–water partition coefficient (Wildman–Crippen LogP) is 5.40. The maximum Gasteiger partial charge on any atom is 0.363 e. The molecule has 26 heavy (non-hydrogen) atoms. The van der Waals surface area contributed by atoms with E-state index in [1.807, 2.05) is 31.2 Å². The van der Waals surface area contributed by atoms with Crippen molar-refractivity contribution in [2.45, 2.75) is 6.92 Å². The van der Waals surface area contributed by atoms with E-state index in [0.717, 1.165) is 5.56 Å². The molecule has 2 aromatic carbocycles. The molecule has 1 aliphatic heterocycles. The SMILES string of the molecule is CCOc1ccccc1C=C1N=C(C=Cc2cccc(Cl)c2Cl)OC1=O. The van der Waals surface area contributed by atoms with Crippen LogP contribution in [0.25, 0.3) is 12.2 Å². The zero-order chi connectivity index (χ0) is 18.5. The van der Waals surface area contributed by atoms with Crippen molar-refractivity contribution in [1.82, 2.24) is 0 Å². The first kappa shape index (κ1) is 18.2. The molecule has 2 aromatic rings. The van der Waals surface area contributed by atoms with Crippen LogP contribution in [0, 0.1) is 0 Å². The Morgan fingerprint density at radius 1 is 1.08 bits per heavy atom. The van der Waals surface area contributed by atoms with Gasteiger partial charge in [-0.3, -0.25) is 0 Å². The first-order valence-electron chi connectivity index (χ1n) is 7.95. The van der Waals surface area contributed by atoms with Crippen LogP contribution in [0.3, 0.4) is 0 Å². The molecule has 1 aliphatic rings. The molecule has 0 N–H and O–H groups in total. The molecule has 0 unspecified atom stereocenters. The second-order valence-corrected chi connectivity index (χ2v) is 6.10. The normalized spacial score (nSPS) is 15.4. The number of halogens is 2. The highest BCUT2D eigenvalue weighted by molar-refractivity contribution is 6.42. The summed E-state index contributed by atoms with van der Waals surface area (Å²) in [5.41, 5.74) is 1.67. The average Bonchev–Trinajstić information content (AvgIpc) is 2.98. The van der Waals surface area contributed by atoms with Gasteiger partial charge in [0.15, 0.2) is 5.70 Å². The Morgan fingerprint density at radius 3 is 2.65 bits per heavy atom. The molecule has 1 heterocycles. The third kappa shape index (κ3) is 4.15. The second kappa shape index (κ2) is 8.21. The van der Waals surface area contributed by atoms with Crippen molar-refractivity contribution in [1.29, 1.82) is 0 Å². The monoisotopic (exact) mass is 387 g/mol. The topological polar surface area (TPSA) is 47.9 Å². The summed E-state index contributed by atoms with van der Waals surface area (Å²) in [6.45, 7) is 2.43. The maximum atomic E-state index is 12.1. The molecule has 6 heteroatoms. The minimum Gasteiger partial charge on any atom is -0.493 e. The molecule has 4 nitrogen and oxygen atoms in total. The van der Waals surface area contributed by atoms with Gasteiger partial charge >= 0.3 is 5.97 Å². The summed E-state index contributed by atoms with van der Waals surface area (Å²) in [4.78, 5) is 16.3. The Morgan fingerprint density at radius 2 is 1.85 bits per heavy atom. The van der Waals surface area contributed by atoms with Crippen molar-refractivity contribution >= 4 is 47.2 Å². The third-order valence-corrected chi connectivity index (χ3v) is 4.37. The van der Waals surface area contributed by atoms with E-state index in [-0.39, 0.29) is 11.6 Å². The van der Waals surface area contributed by atoms with Gasteiger partial charge in [-0.25, -0.2) is 9.79 Å².